The molecule has 0 amide bonds. The van der Waals surface area contributed by atoms with E-state index in [2.05, 4.69) is 25.8 Å². The second-order valence-electron chi connectivity index (χ2n) is 14.4. The van der Waals surface area contributed by atoms with Crippen LogP contribution >= 0.6 is 0 Å². The zero-order valence-electron chi connectivity index (χ0n) is 24.9. The summed E-state index contributed by atoms with van der Waals surface area (Å²) in [5, 5.41) is 21.1. The van der Waals surface area contributed by atoms with Crippen LogP contribution in [0.5, 0.6) is 0 Å². The summed E-state index contributed by atoms with van der Waals surface area (Å²) >= 11 is 0. The van der Waals surface area contributed by atoms with Crippen molar-refractivity contribution < 1.29 is 29.3 Å². The monoisotopic (exact) mass is 561 g/mol. The van der Waals surface area contributed by atoms with Gasteiger partial charge in [-0.3, -0.25) is 9.78 Å². The molecule has 7 rings (SSSR count). The van der Waals surface area contributed by atoms with E-state index < -0.39 is 17.1 Å². The Kier molecular flexibility index (Phi) is 6.08. The van der Waals surface area contributed by atoms with Gasteiger partial charge in [0.25, 0.3) is 0 Å². The van der Waals surface area contributed by atoms with E-state index in [1.54, 1.807) is 12.3 Å². The van der Waals surface area contributed by atoms with E-state index >= 15 is 0 Å². The van der Waals surface area contributed by atoms with Crippen molar-refractivity contribution in [2.75, 3.05) is 6.61 Å². The van der Waals surface area contributed by atoms with E-state index in [1.807, 2.05) is 26.0 Å². The highest BCUT2D eigenvalue weighted by molar-refractivity contribution is 6.24. The molecule has 1 aromatic heterocycles. The number of nitrogens with zero attached hydrogens (tertiary/aromatic N) is 1. The van der Waals surface area contributed by atoms with E-state index in [0.717, 1.165) is 43.2 Å². The molecule has 0 unspecified atom stereocenters. The van der Waals surface area contributed by atoms with E-state index in [-0.39, 0.29) is 47.8 Å². The standard InChI is InChI=1S/C34H43NO6/c1-17-9-11-35-26(12-17)21-14-28(37)34-29(41-34)15-20-24-7-6-23(19(3)27-13-18(2)22(16-36)31(39)40-27)32(24,4)10-8-25(20)33(34,5)30(21)38/h9,11-12,14,19-20,23-25,27-29,36-37H,6-8,10,13,15-16H2,1-5H3/t19-,20-,23+,24-,25-,27+,28-,29+,32+,33-,34+/m0/s1. The number of esters is 1. The highest BCUT2D eigenvalue weighted by Gasteiger charge is 2.81. The first-order valence-corrected chi connectivity index (χ1v) is 15.5. The third-order valence-corrected chi connectivity index (χ3v) is 12.9. The third kappa shape index (κ3) is 3.52. The molecule has 11 atom stereocenters. The zero-order chi connectivity index (χ0) is 29.1. The number of hydrogen-bond donors (Lipinski definition) is 2. The second-order valence-corrected chi connectivity index (χ2v) is 14.4. The van der Waals surface area contributed by atoms with Crippen LogP contribution in [0, 0.1) is 47.3 Å². The molecule has 41 heavy (non-hydrogen) atoms. The topological polar surface area (TPSA) is 109 Å². The van der Waals surface area contributed by atoms with Crippen LogP contribution in [0.2, 0.25) is 0 Å². The van der Waals surface area contributed by atoms with Gasteiger partial charge >= 0.3 is 5.97 Å². The molecule has 6 aliphatic rings. The molecule has 0 radical (unpaired) electrons. The molecule has 0 aromatic carbocycles. The number of aryl methyl sites for hydroxylation is 1. The Bertz CT molecular complexity index is 1380. The number of cyclic esters (lactones) is 1. The van der Waals surface area contributed by atoms with Crippen molar-refractivity contribution in [1.82, 2.24) is 4.98 Å². The summed E-state index contributed by atoms with van der Waals surface area (Å²) < 4.78 is 12.3. The van der Waals surface area contributed by atoms with Crippen LogP contribution in [-0.2, 0) is 19.1 Å². The fourth-order valence-electron chi connectivity index (χ4n) is 10.7. The van der Waals surface area contributed by atoms with E-state index in [9.17, 15) is 19.8 Å². The quantitative estimate of drug-likeness (QED) is 0.409. The summed E-state index contributed by atoms with van der Waals surface area (Å²) in [5.74, 6) is 1.24. The number of pyridine rings is 1. The highest BCUT2D eigenvalue weighted by atomic mass is 16.6. The summed E-state index contributed by atoms with van der Waals surface area (Å²) in [7, 11) is 0. The summed E-state index contributed by atoms with van der Waals surface area (Å²) in [5.41, 5.74) is 1.99. The Morgan fingerprint density at radius 2 is 1.93 bits per heavy atom. The summed E-state index contributed by atoms with van der Waals surface area (Å²) in [4.78, 5) is 31.7. The van der Waals surface area contributed by atoms with Crippen LogP contribution in [-0.4, -0.2) is 57.5 Å². The number of hydrogen-bond acceptors (Lipinski definition) is 7. The Morgan fingerprint density at radius 3 is 2.63 bits per heavy atom. The van der Waals surface area contributed by atoms with Crippen molar-refractivity contribution in [3.05, 3.63) is 46.8 Å². The van der Waals surface area contributed by atoms with Crippen LogP contribution < -0.4 is 0 Å². The molecule has 2 N–H and O–H groups in total. The molecule has 7 nitrogen and oxygen atoms in total. The van der Waals surface area contributed by atoms with Crippen molar-refractivity contribution in [2.45, 2.75) is 97.1 Å². The molecule has 3 saturated carbocycles. The average molecular weight is 562 g/mol. The molecule has 0 bridgehead atoms. The Hall–Kier alpha value is -2.35. The number of carbonyl (C=O) groups is 2. The van der Waals surface area contributed by atoms with Gasteiger partial charge in [0.05, 0.1) is 29.4 Å². The first-order chi connectivity index (χ1) is 19.5. The van der Waals surface area contributed by atoms with E-state index in [1.165, 1.54) is 0 Å². The molecular weight excluding hydrogens is 518 g/mol. The van der Waals surface area contributed by atoms with Gasteiger partial charge in [-0.2, -0.15) is 0 Å². The number of ether oxygens (including phenoxy) is 2. The number of rotatable bonds is 4. The number of aliphatic hydroxyl groups excluding tert-OH is 2. The molecule has 1 spiro atoms. The zero-order valence-corrected chi connectivity index (χ0v) is 24.9. The minimum absolute atomic E-state index is 0.0701. The smallest absolute Gasteiger partial charge is 0.336 e. The van der Waals surface area contributed by atoms with Crippen molar-refractivity contribution >= 4 is 17.3 Å². The van der Waals surface area contributed by atoms with E-state index in [0.29, 0.717) is 41.0 Å². The van der Waals surface area contributed by atoms with Crippen molar-refractivity contribution in [2.24, 2.45) is 40.4 Å². The van der Waals surface area contributed by atoms with Gasteiger partial charge in [-0.05, 0) is 112 Å². The molecule has 4 aliphatic carbocycles. The van der Waals surface area contributed by atoms with Crippen molar-refractivity contribution in [3.63, 3.8) is 0 Å². The molecule has 1 aromatic rings. The number of ketones is 1. The van der Waals surface area contributed by atoms with Gasteiger partial charge in [0.15, 0.2) is 5.78 Å². The Balaban J connectivity index is 1.19. The molecular formula is C34H43NO6. The summed E-state index contributed by atoms with van der Waals surface area (Å²) in [6.07, 6.45) is 7.98. The Labute approximate surface area is 242 Å². The fraction of sp³-hybridized carbons (Fsp3) is 0.676. The van der Waals surface area contributed by atoms with Gasteiger partial charge in [-0.25, -0.2) is 4.79 Å². The van der Waals surface area contributed by atoms with Crippen LogP contribution in [0.4, 0.5) is 0 Å². The molecule has 220 valence electrons. The highest BCUT2D eigenvalue weighted by Crippen LogP contribution is 2.73. The predicted molar refractivity (Wildman–Crippen MR) is 152 cm³/mol. The minimum atomic E-state index is -0.834. The number of allylic oxidation sites excluding steroid dienone is 1. The lowest BCUT2D eigenvalue weighted by Gasteiger charge is -2.58. The normalized spacial score (nSPS) is 45.6. The summed E-state index contributed by atoms with van der Waals surface area (Å²) in [6.45, 7) is 10.4. The molecule has 7 heteroatoms. The lowest BCUT2D eigenvalue weighted by molar-refractivity contribution is -0.155. The predicted octanol–water partition coefficient (Wildman–Crippen LogP) is 4.58. The number of carbonyl (C=O) groups excluding carboxylic acids is 2. The number of Topliss-reactive ketones (excluding diaryl/α,β-unsaturated/α-hetero) is 1. The lowest BCUT2D eigenvalue weighted by Crippen LogP contribution is -2.64. The minimum Gasteiger partial charge on any atom is -0.458 e. The average Bonchev–Trinajstić information content (AvgIpc) is 3.57. The van der Waals surface area contributed by atoms with Gasteiger partial charge in [0.2, 0.25) is 0 Å². The van der Waals surface area contributed by atoms with Crippen molar-refractivity contribution in [1.29, 1.82) is 0 Å². The second kappa shape index (κ2) is 9.08. The molecule has 1 saturated heterocycles. The van der Waals surface area contributed by atoms with Gasteiger partial charge in [0, 0.05) is 18.2 Å². The summed E-state index contributed by atoms with van der Waals surface area (Å²) in [6, 6.07) is 3.85. The first kappa shape index (κ1) is 27.5. The fourth-order valence-corrected chi connectivity index (χ4v) is 10.7. The number of fused-ring (bicyclic) bond motifs is 4. The van der Waals surface area contributed by atoms with Crippen LogP contribution in [0.25, 0.3) is 5.57 Å². The number of aromatic nitrogens is 1. The third-order valence-electron chi connectivity index (χ3n) is 12.9. The van der Waals surface area contributed by atoms with Crippen LogP contribution in [0.1, 0.15) is 77.5 Å². The molecule has 3 heterocycles. The first-order valence-electron chi connectivity index (χ1n) is 15.5. The SMILES string of the molecule is CC1=C(CO)C(=O)O[C@@H]([C@@H](C)[C@H]2CC[C@H]3[C@@H]4C[C@H]5O[C@]56[C@@H](O)C=C(c5cc(C)ccn5)C(=O)[C@]6(C)[C@H]4CC[C@]23C)C1. The molecule has 2 aliphatic heterocycles. The Morgan fingerprint density at radius 1 is 1.15 bits per heavy atom. The number of epoxide rings is 1. The lowest BCUT2D eigenvalue weighted by atomic mass is 9.43. The maximum absolute atomic E-state index is 14.5. The maximum atomic E-state index is 14.5. The van der Waals surface area contributed by atoms with Crippen molar-refractivity contribution in [3.8, 4) is 0 Å². The van der Waals surface area contributed by atoms with Gasteiger partial charge < -0.3 is 19.7 Å². The molecule has 4 fully saturated rings. The van der Waals surface area contributed by atoms with Crippen LogP contribution in [0.3, 0.4) is 0 Å². The maximum Gasteiger partial charge on any atom is 0.336 e. The van der Waals surface area contributed by atoms with Gasteiger partial charge in [-0.15, -0.1) is 0 Å². The number of aliphatic hydroxyl groups is 2. The van der Waals surface area contributed by atoms with Crippen LogP contribution in [0.15, 0.2) is 35.6 Å². The van der Waals surface area contributed by atoms with Gasteiger partial charge in [-0.1, -0.05) is 19.4 Å². The van der Waals surface area contributed by atoms with Gasteiger partial charge in [0.1, 0.15) is 17.8 Å². The largest absolute Gasteiger partial charge is 0.458 e. The van der Waals surface area contributed by atoms with E-state index in [4.69, 9.17) is 9.47 Å².